The molecular weight excluding hydrogens is 138 g/mol. The van der Waals surface area contributed by atoms with Gasteiger partial charge in [0.1, 0.15) is 12.1 Å². The molecule has 0 atom stereocenters. The summed E-state index contributed by atoms with van der Waals surface area (Å²) in [6.45, 7) is 1.78. The molecule has 0 bridgehead atoms. The van der Waals surface area contributed by atoms with Gasteiger partial charge >= 0.3 is 0 Å². The fourth-order valence-electron chi connectivity index (χ4n) is 0.784. The van der Waals surface area contributed by atoms with Crippen molar-refractivity contribution in [2.24, 2.45) is 0 Å². The predicted molar refractivity (Wildman–Crippen MR) is 38.4 cm³/mol. The highest BCUT2D eigenvalue weighted by Gasteiger charge is 2.03. The maximum absolute atomic E-state index is 8.59. The van der Waals surface area contributed by atoms with Crippen LogP contribution in [0.15, 0.2) is 12.3 Å². The van der Waals surface area contributed by atoms with Crippen LogP contribution in [0.5, 0.6) is 0 Å². The number of pyridine rings is 1. The van der Waals surface area contributed by atoms with E-state index in [1.807, 2.05) is 12.1 Å². The highest BCUT2D eigenvalue weighted by molar-refractivity contribution is 5.45. The van der Waals surface area contributed by atoms with Gasteiger partial charge in [-0.05, 0) is 18.6 Å². The number of hydrogen-bond donors (Lipinski definition) is 0. The van der Waals surface area contributed by atoms with Gasteiger partial charge in [-0.2, -0.15) is 10.5 Å². The number of rotatable bonds is 0. The van der Waals surface area contributed by atoms with Gasteiger partial charge in [0.25, 0.3) is 0 Å². The largest absolute Gasteiger partial charge is 0.244 e. The molecule has 0 radical (unpaired) electrons. The molecule has 0 N–H and O–H groups in total. The molecule has 0 saturated heterocycles. The van der Waals surface area contributed by atoms with Gasteiger partial charge in [0, 0.05) is 6.20 Å². The summed E-state index contributed by atoms with van der Waals surface area (Å²) in [4.78, 5) is 3.75. The molecule has 0 fully saturated rings. The van der Waals surface area contributed by atoms with Crippen LogP contribution in [-0.2, 0) is 0 Å². The van der Waals surface area contributed by atoms with Crippen LogP contribution >= 0.6 is 0 Å². The second-order valence-electron chi connectivity index (χ2n) is 2.08. The van der Waals surface area contributed by atoms with Crippen LogP contribution < -0.4 is 0 Å². The van der Waals surface area contributed by atoms with Crippen LogP contribution in [0.25, 0.3) is 0 Å². The van der Waals surface area contributed by atoms with E-state index in [1.54, 1.807) is 13.0 Å². The molecule has 0 aromatic carbocycles. The molecule has 0 aliphatic carbocycles. The normalized spacial score (nSPS) is 8.27. The van der Waals surface area contributed by atoms with Gasteiger partial charge < -0.3 is 0 Å². The number of hydrogen-bond acceptors (Lipinski definition) is 3. The van der Waals surface area contributed by atoms with E-state index in [0.717, 1.165) is 5.56 Å². The average Bonchev–Trinajstić information content (AvgIpc) is 2.04. The second kappa shape index (κ2) is 2.81. The van der Waals surface area contributed by atoms with E-state index in [-0.39, 0.29) is 5.69 Å². The third-order valence-corrected chi connectivity index (χ3v) is 1.38. The first kappa shape index (κ1) is 7.24. The van der Waals surface area contributed by atoms with Crippen LogP contribution in [0.4, 0.5) is 0 Å². The molecule has 0 saturated carbocycles. The molecule has 3 nitrogen and oxygen atoms in total. The molecule has 1 rings (SSSR count). The van der Waals surface area contributed by atoms with Gasteiger partial charge in [-0.25, -0.2) is 4.98 Å². The molecule has 0 aliphatic rings. The first-order chi connectivity index (χ1) is 5.29. The Kier molecular flexibility index (Phi) is 1.85. The lowest BCUT2D eigenvalue weighted by atomic mass is 10.1. The Hall–Kier alpha value is -1.87. The first-order valence-electron chi connectivity index (χ1n) is 3.05. The zero-order chi connectivity index (χ0) is 8.27. The molecule has 1 heterocycles. The van der Waals surface area contributed by atoms with E-state index < -0.39 is 0 Å². The summed E-state index contributed by atoms with van der Waals surface area (Å²) in [5.41, 5.74) is 1.36. The minimum Gasteiger partial charge on any atom is -0.244 e. The number of aryl methyl sites for hydroxylation is 1. The van der Waals surface area contributed by atoms with Crippen molar-refractivity contribution in [3.8, 4) is 12.1 Å². The summed E-state index contributed by atoms with van der Waals surface area (Å²) < 4.78 is 0. The Labute approximate surface area is 64.5 Å². The van der Waals surface area contributed by atoms with Gasteiger partial charge in [-0.15, -0.1) is 0 Å². The van der Waals surface area contributed by atoms with Crippen molar-refractivity contribution in [2.45, 2.75) is 6.92 Å². The van der Waals surface area contributed by atoms with Crippen molar-refractivity contribution >= 4 is 0 Å². The Balaban J connectivity index is 3.42. The summed E-state index contributed by atoms with van der Waals surface area (Å²) in [7, 11) is 0. The molecule has 0 unspecified atom stereocenters. The van der Waals surface area contributed by atoms with E-state index >= 15 is 0 Å². The van der Waals surface area contributed by atoms with Crippen molar-refractivity contribution < 1.29 is 0 Å². The van der Waals surface area contributed by atoms with Gasteiger partial charge in [-0.1, -0.05) is 0 Å². The number of aromatic nitrogens is 1. The quantitative estimate of drug-likeness (QED) is 0.547. The minimum atomic E-state index is 0.201. The molecular formula is C8H5N3. The van der Waals surface area contributed by atoms with Gasteiger partial charge in [0.05, 0.1) is 5.56 Å². The van der Waals surface area contributed by atoms with E-state index in [2.05, 4.69) is 4.98 Å². The lowest BCUT2D eigenvalue weighted by molar-refractivity contribution is 1.21. The minimum absolute atomic E-state index is 0.201. The molecule has 1 aromatic heterocycles. The molecule has 3 heteroatoms. The van der Waals surface area contributed by atoms with Gasteiger partial charge in [-0.3, -0.25) is 0 Å². The Bertz CT molecular complexity index is 355. The first-order valence-corrected chi connectivity index (χ1v) is 3.05. The molecule has 11 heavy (non-hydrogen) atoms. The molecule has 0 spiro atoms. The lowest BCUT2D eigenvalue weighted by Gasteiger charge is -1.95. The van der Waals surface area contributed by atoms with Crippen molar-refractivity contribution in [2.75, 3.05) is 0 Å². The number of nitriles is 2. The molecule has 52 valence electrons. The van der Waals surface area contributed by atoms with E-state index in [1.165, 1.54) is 6.20 Å². The maximum Gasteiger partial charge on any atom is 0.158 e. The summed E-state index contributed by atoms with van der Waals surface area (Å²) in [6.07, 6.45) is 1.52. The zero-order valence-corrected chi connectivity index (χ0v) is 6.00. The van der Waals surface area contributed by atoms with Gasteiger partial charge in [0.15, 0.2) is 5.69 Å². The molecule has 0 aliphatic heterocycles. The third-order valence-electron chi connectivity index (χ3n) is 1.38. The topological polar surface area (TPSA) is 60.5 Å². The highest BCUT2D eigenvalue weighted by atomic mass is 14.7. The lowest BCUT2D eigenvalue weighted by Crippen LogP contribution is -1.91. The number of nitrogens with zero attached hydrogens (tertiary/aromatic N) is 3. The van der Waals surface area contributed by atoms with Crippen LogP contribution in [0.3, 0.4) is 0 Å². The average molecular weight is 143 g/mol. The van der Waals surface area contributed by atoms with Crippen molar-refractivity contribution in [1.29, 1.82) is 10.5 Å². The molecule has 1 aromatic rings. The van der Waals surface area contributed by atoms with E-state index in [9.17, 15) is 0 Å². The SMILES string of the molecule is Cc1ccnc(C#N)c1C#N. The summed E-state index contributed by atoms with van der Waals surface area (Å²) in [5, 5.41) is 17.1. The zero-order valence-electron chi connectivity index (χ0n) is 6.00. The predicted octanol–water partition coefficient (Wildman–Crippen LogP) is 1.13. The Morgan fingerprint density at radius 3 is 2.55 bits per heavy atom. The second-order valence-corrected chi connectivity index (χ2v) is 2.08. The van der Waals surface area contributed by atoms with Crippen LogP contribution in [-0.4, -0.2) is 4.98 Å². The van der Waals surface area contributed by atoms with Crippen LogP contribution in [0.2, 0.25) is 0 Å². The van der Waals surface area contributed by atoms with Gasteiger partial charge in [0.2, 0.25) is 0 Å². The fourth-order valence-corrected chi connectivity index (χ4v) is 0.784. The van der Waals surface area contributed by atoms with Crippen molar-refractivity contribution in [3.63, 3.8) is 0 Å². The van der Waals surface area contributed by atoms with E-state index in [4.69, 9.17) is 10.5 Å². The van der Waals surface area contributed by atoms with Crippen molar-refractivity contribution in [3.05, 3.63) is 29.1 Å². The summed E-state index contributed by atoms with van der Waals surface area (Å²) in [5.74, 6) is 0. The fraction of sp³-hybridized carbons (Fsp3) is 0.125. The highest BCUT2D eigenvalue weighted by Crippen LogP contribution is 2.07. The van der Waals surface area contributed by atoms with Crippen LogP contribution in [0.1, 0.15) is 16.8 Å². The molecule has 0 amide bonds. The Morgan fingerprint density at radius 2 is 2.09 bits per heavy atom. The Morgan fingerprint density at radius 1 is 1.36 bits per heavy atom. The third kappa shape index (κ3) is 1.17. The van der Waals surface area contributed by atoms with Crippen molar-refractivity contribution in [1.82, 2.24) is 4.98 Å². The summed E-state index contributed by atoms with van der Waals surface area (Å²) in [6, 6.07) is 5.49. The standard InChI is InChI=1S/C8H5N3/c1-6-2-3-11-8(5-10)7(6)4-9/h2-3H,1H3. The summed E-state index contributed by atoms with van der Waals surface area (Å²) >= 11 is 0. The van der Waals surface area contributed by atoms with E-state index in [0.29, 0.717) is 5.56 Å². The van der Waals surface area contributed by atoms with Crippen LogP contribution in [0, 0.1) is 29.6 Å². The maximum atomic E-state index is 8.59. The smallest absolute Gasteiger partial charge is 0.158 e. The monoisotopic (exact) mass is 143 g/mol.